The molecule has 0 aliphatic carbocycles. The number of benzene rings is 1. The number of methoxy groups -OCH3 is 2. The van der Waals surface area contributed by atoms with E-state index in [1.165, 1.54) is 11.8 Å². The summed E-state index contributed by atoms with van der Waals surface area (Å²) >= 11 is 1.53. The highest BCUT2D eigenvalue weighted by atomic mass is 32.2. The minimum Gasteiger partial charge on any atom is -0.493 e. The average molecular weight is 394 g/mol. The lowest BCUT2D eigenvalue weighted by molar-refractivity contribution is -0.0192. The number of hydrogen-bond donors (Lipinski definition) is 0. The van der Waals surface area contributed by atoms with Gasteiger partial charge in [0.2, 0.25) is 5.89 Å². The molecule has 0 N–H and O–H groups in total. The SMILES string of the molecule is COc1ccc(-c2nnc(SC[C@@H]3CN(CC(C)C)CCO3)o2)cc1OC. The first-order chi connectivity index (χ1) is 13.1. The lowest BCUT2D eigenvalue weighted by atomic mass is 10.2. The van der Waals surface area contributed by atoms with Crippen LogP contribution in [0, 0.1) is 5.92 Å². The Labute approximate surface area is 164 Å². The molecule has 1 aliphatic heterocycles. The molecule has 0 radical (unpaired) electrons. The fraction of sp³-hybridized carbons (Fsp3) is 0.579. The van der Waals surface area contributed by atoms with Crippen molar-refractivity contribution in [3.05, 3.63) is 18.2 Å². The summed E-state index contributed by atoms with van der Waals surface area (Å²) in [6.45, 7) is 8.32. The van der Waals surface area contributed by atoms with Crippen LogP contribution >= 0.6 is 11.8 Å². The second kappa shape index (κ2) is 9.43. The Bertz CT molecular complexity index is 737. The number of nitrogens with zero attached hydrogens (tertiary/aromatic N) is 3. The number of morpholine rings is 1. The standard InChI is InChI=1S/C19H27N3O4S/c1-13(2)10-22-7-8-25-15(11-22)12-27-19-21-20-18(26-19)14-5-6-16(23-3)17(9-14)24-4/h5-6,9,13,15H,7-8,10-12H2,1-4H3/t15-/m0/s1. The minimum absolute atomic E-state index is 0.180. The van der Waals surface area contributed by atoms with Gasteiger partial charge in [0.1, 0.15) is 0 Å². The summed E-state index contributed by atoms with van der Waals surface area (Å²) in [5.74, 6) is 3.21. The lowest BCUT2D eigenvalue weighted by Gasteiger charge is -2.33. The zero-order valence-corrected chi connectivity index (χ0v) is 17.1. The van der Waals surface area contributed by atoms with Gasteiger partial charge in [0.05, 0.1) is 26.9 Å². The van der Waals surface area contributed by atoms with E-state index in [1.807, 2.05) is 18.2 Å². The van der Waals surface area contributed by atoms with Gasteiger partial charge in [-0.2, -0.15) is 0 Å². The van der Waals surface area contributed by atoms with Crippen molar-refractivity contribution in [1.29, 1.82) is 0 Å². The van der Waals surface area contributed by atoms with Crippen molar-refractivity contribution in [2.45, 2.75) is 25.2 Å². The number of thioether (sulfide) groups is 1. The van der Waals surface area contributed by atoms with Crippen LogP contribution in [-0.4, -0.2) is 67.4 Å². The van der Waals surface area contributed by atoms with Crippen LogP contribution in [0.3, 0.4) is 0 Å². The zero-order chi connectivity index (χ0) is 19.2. The highest BCUT2D eigenvalue weighted by Gasteiger charge is 2.22. The van der Waals surface area contributed by atoms with E-state index in [2.05, 4.69) is 28.9 Å². The van der Waals surface area contributed by atoms with Crippen LogP contribution in [-0.2, 0) is 4.74 Å². The highest BCUT2D eigenvalue weighted by molar-refractivity contribution is 7.99. The van der Waals surface area contributed by atoms with Gasteiger partial charge in [0.25, 0.3) is 5.22 Å². The molecule has 7 nitrogen and oxygen atoms in total. The predicted octanol–water partition coefficient (Wildman–Crippen LogP) is 3.20. The molecule has 8 heteroatoms. The van der Waals surface area contributed by atoms with Crippen molar-refractivity contribution in [1.82, 2.24) is 15.1 Å². The van der Waals surface area contributed by atoms with Crippen LogP contribution in [0.4, 0.5) is 0 Å². The molecule has 0 bridgehead atoms. The lowest BCUT2D eigenvalue weighted by Crippen LogP contribution is -2.44. The minimum atomic E-state index is 0.180. The molecular formula is C19H27N3O4S. The van der Waals surface area contributed by atoms with Gasteiger partial charge in [-0.3, -0.25) is 4.90 Å². The summed E-state index contributed by atoms with van der Waals surface area (Å²) in [5.41, 5.74) is 0.795. The summed E-state index contributed by atoms with van der Waals surface area (Å²) in [4.78, 5) is 2.46. The molecule has 1 atom stereocenters. The zero-order valence-electron chi connectivity index (χ0n) is 16.3. The van der Waals surface area contributed by atoms with E-state index < -0.39 is 0 Å². The smallest absolute Gasteiger partial charge is 0.276 e. The number of rotatable bonds is 8. The van der Waals surface area contributed by atoms with E-state index in [-0.39, 0.29) is 6.10 Å². The first kappa shape index (κ1) is 20.0. The Balaban J connectivity index is 1.58. The molecule has 1 saturated heterocycles. The maximum Gasteiger partial charge on any atom is 0.276 e. The normalized spacial score (nSPS) is 18.0. The first-order valence-electron chi connectivity index (χ1n) is 9.11. The Hall–Kier alpha value is -1.77. The average Bonchev–Trinajstić information content (AvgIpc) is 3.14. The van der Waals surface area contributed by atoms with E-state index in [0.717, 1.165) is 37.6 Å². The molecule has 0 spiro atoms. The number of hydrogen-bond acceptors (Lipinski definition) is 8. The van der Waals surface area contributed by atoms with Crippen molar-refractivity contribution < 1.29 is 18.6 Å². The molecule has 2 heterocycles. The summed E-state index contributed by atoms with van der Waals surface area (Å²) in [7, 11) is 3.21. The molecule has 1 aromatic heterocycles. The molecule has 0 amide bonds. The van der Waals surface area contributed by atoms with Gasteiger partial charge < -0.3 is 18.6 Å². The molecule has 0 saturated carbocycles. The molecule has 1 aromatic carbocycles. The van der Waals surface area contributed by atoms with Crippen LogP contribution in [0.1, 0.15) is 13.8 Å². The summed E-state index contributed by atoms with van der Waals surface area (Å²) in [6, 6.07) is 5.52. The van der Waals surface area contributed by atoms with Crippen molar-refractivity contribution in [3.63, 3.8) is 0 Å². The van der Waals surface area contributed by atoms with Crippen molar-refractivity contribution in [2.24, 2.45) is 5.92 Å². The Morgan fingerprint density at radius 3 is 2.78 bits per heavy atom. The van der Waals surface area contributed by atoms with Crippen LogP contribution in [0.2, 0.25) is 0 Å². The number of aromatic nitrogens is 2. The summed E-state index contributed by atoms with van der Waals surface area (Å²) < 4.78 is 22.3. The molecule has 148 valence electrons. The van der Waals surface area contributed by atoms with E-state index >= 15 is 0 Å². The fourth-order valence-electron chi connectivity index (χ4n) is 3.08. The Kier molecular flexibility index (Phi) is 6.98. The van der Waals surface area contributed by atoms with Gasteiger partial charge >= 0.3 is 0 Å². The molecular weight excluding hydrogens is 366 g/mol. The number of ether oxygens (including phenoxy) is 3. The van der Waals surface area contributed by atoms with E-state index in [4.69, 9.17) is 18.6 Å². The van der Waals surface area contributed by atoms with Gasteiger partial charge in [0.15, 0.2) is 11.5 Å². The third kappa shape index (κ3) is 5.37. The van der Waals surface area contributed by atoms with Gasteiger partial charge in [-0.25, -0.2) is 0 Å². The Morgan fingerprint density at radius 2 is 2.04 bits per heavy atom. The van der Waals surface area contributed by atoms with Crippen molar-refractivity contribution >= 4 is 11.8 Å². The largest absolute Gasteiger partial charge is 0.493 e. The molecule has 1 aliphatic rings. The van der Waals surface area contributed by atoms with Gasteiger partial charge in [-0.15, -0.1) is 10.2 Å². The third-order valence-corrected chi connectivity index (χ3v) is 5.23. The van der Waals surface area contributed by atoms with Crippen LogP contribution in [0.25, 0.3) is 11.5 Å². The van der Waals surface area contributed by atoms with Crippen LogP contribution in [0.5, 0.6) is 11.5 Å². The van der Waals surface area contributed by atoms with Gasteiger partial charge in [-0.05, 0) is 24.1 Å². The second-order valence-electron chi connectivity index (χ2n) is 6.90. The van der Waals surface area contributed by atoms with Crippen molar-refractivity contribution in [3.8, 4) is 23.0 Å². The van der Waals surface area contributed by atoms with Crippen LogP contribution < -0.4 is 9.47 Å². The Morgan fingerprint density at radius 1 is 1.22 bits per heavy atom. The van der Waals surface area contributed by atoms with E-state index in [0.29, 0.717) is 28.5 Å². The van der Waals surface area contributed by atoms with Crippen LogP contribution in [0.15, 0.2) is 27.8 Å². The molecule has 27 heavy (non-hydrogen) atoms. The monoisotopic (exact) mass is 393 g/mol. The van der Waals surface area contributed by atoms with Crippen molar-refractivity contribution in [2.75, 3.05) is 46.2 Å². The quantitative estimate of drug-likeness (QED) is 0.633. The fourth-order valence-corrected chi connectivity index (χ4v) is 3.85. The predicted molar refractivity (Wildman–Crippen MR) is 105 cm³/mol. The first-order valence-corrected chi connectivity index (χ1v) is 10.1. The van der Waals surface area contributed by atoms with E-state index in [9.17, 15) is 0 Å². The summed E-state index contributed by atoms with van der Waals surface area (Å²) in [6.07, 6.45) is 0.180. The second-order valence-corrected chi connectivity index (χ2v) is 7.87. The van der Waals surface area contributed by atoms with E-state index in [1.54, 1.807) is 14.2 Å². The highest BCUT2D eigenvalue weighted by Crippen LogP contribution is 2.32. The maximum atomic E-state index is 5.88. The maximum absolute atomic E-state index is 5.88. The molecule has 3 rings (SSSR count). The third-order valence-electron chi connectivity index (χ3n) is 4.28. The molecule has 0 unspecified atom stereocenters. The van der Waals surface area contributed by atoms with Gasteiger partial charge in [-0.1, -0.05) is 25.6 Å². The topological polar surface area (TPSA) is 69.9 Å². The summed E-state index contributed by atoms with van der Waals surface area (Å²) in [5, 5.41) is 8.84. The van der Waals surface area contributed by atoms with Gasteiger partial charge in [0, 0.05) is 31.0 Å². The molecule has 2 aromatic rings. The molecule has 1 fully saturated rings.